The fraction of sp³-hybridized carbons (Fsp3) is 0.635. The molecule has 4 aromatic rings. The summed E-state index contributed by atoms with van der Waals surface area (Å²) < 4.78 is 55.2. The number of rotatable bonds is 19. The Hall–Kier alpha value is -5.30. The first-order chi connectivity index (χ1) is 39.2. The van der Waals surface area contributed by atoms with E-state index in [-0.39, 0.29) is 42.2 Å². The van der Waals surface area contributed by atoms with E-state index in [1.807, 2.05) is 4.90 Å². The van der Waals surface area contributed by atoms with Gasteiger partial charge in [0.15, 0.2) is 25.0 Å². The molecule has 6 heterocycles. The number of fused-ring (bicyclic) bond motifs is 1. The van der Waals surface area contributed by atoms with Gasteiger partial charge in [-0.15, -0.1) is 5.10 Å². The largest absolute Gasteiger partial charge is 0.477 e. The Bertz CT molecular complexity index is 2930. The monoisotopic (exact) mass is 1160 g/mol. The number of aliphatic hydroxyl groups is 6. The molecular formula is C52H74FN13O16. The number of nitrogens with one attached hydrogen (secondary N) is 1. The van der Waals surface area contributed by atoms with Crippen LogP contribution in [-0.4, -0.2) is 234 Å². The van der Waals surface area contributed by atoms with E-state index >= 15 is 4.39 Å². The molecule has 6 fully saturated rings. The average molecular weight is 1160 g/mol. The third-order valence-electron chi connectivity index (χ3n) is 16.4. The first-order valence-corrected chi connectivity index (χ1v) is 27.6. The number of nitrogens with zero attached hydrogens (tertiary/aromatic N) is 6. The molecule has 2 aromatic carbocycles. The summed E-state index contributed by atoms with van der Waals surface area (Å²) in [7, 11) is 0. The highest BCUT2D eigenvalue weighted by atomic mass is 19.1. The van der Waals surface area contributed by atoms with Crippen LogP contribution in [0.2, 0.25) is 0 Å². The Kier molecular flexibility index (Phi) is 18.3. The number of unbranched alkanes of at least 4 members (excludes halogenated alkanes) is 1. The fourth-order valence-corrected chi connectivity index (χ4v) is 11.4. The lowest BCUT2D eigenvalue weighted by molar-refractivity contribution is -0.306. The number of piperazine rings is 1. The zero-order chi connectivity index (χ0) is 58.4. The first kappa shape index (κ1) is 59.8. The van der Waals surface area contributed by atoms with E-state index in [1.54, 1.807) is 45.8 Å². The molecule has 0 spiro atoms. The number of ether oxygens (including phenoxy) is 6. The van der Waals surface area contributed by atoms with Crippen molar-refractivity contribution in [2.24, 2.45) is 34.4 Å². The Labute approximate surface area is 468 Å². The number of carboxylic acid groups (broad SMARTS) is 1. The van der Waals surface area contributed by atoms with Crippen LogP contribution in [0.15, 0.2) is 53.6 Å². The number of nitrogens with two attached hydrogens (primary N) is 6. The summed E-state index contributed by atoms with van der Waals surface area (Å²) in [4.78, 5) is 43.3. The lowest BCUT2D eigenvalue weighted by Gasteiger charge is -2.47. The smallest absolute Gasteiger partial charge is 0.341 e. The summed E-state index contributed by atoms with van der Waals surface area (Å²) in [6.07, 6.45) is -16.0. The molecule has 19 atom stereocenters. The van der Waals surface area contributed by atoms with Crippen LogP contribution in [0.4, 0.5) is 15.8 Å². The van der Waals surface area contributed by atoms with E-state index in [0.29, 0.717) is 55.2 Å². The standard InChI is InChI=1S/C52H74FN13O16/c53-27-15-25-31(66(24-7-8-24)20-26(37(25)67)49(75)76)17-32(27)64-13-11-63(12-14-64)9-1-2-10-65-21-30(61-62-65)22-3-5-23(6-4-22)60-48(74)47-46(80-51-36(59)42(72)40(70)34(19-55)78-51)43(73)52(82-47)81-45-38(68)28(56)16-29(57)44(45)79-50-35(58)41(71)39(69)33(18-54)77-50/h3-6,15,17,20-21,24,28-29,33-36,38-47,50-52,68-73H,1-2,7-14,16,18-19,54-59H2,(H,60,74)(H,75,76)/t28-,29+,33-,34+,35-,36-,38+,39-,40-,41-,42-,43-,44-,45-,46+,47+,50-,51-,52-/m1/s1. The number of carbonyl (C=O) groups excluding carboxylic acids is 1. The van der Waals surface area contributed by atoms with Crippen molar-refractivity contribution >= 4 is 34.2 Å². The van der Waals surface area contributed by atoms with Crippen molar-refractivity contribution in [3.05, 3.63) is 70.4 Å². The van der Waals surface area contributed by atoms with Gasteiger partial charge in [0.2, 0.25) is 5.43 Å². The normalized spacial score (nSPS) is 35.5. The highest BCUT2D eigenvalue weighted by Crippen LogP contribution is 2.39. The van der Waals surface area contributed by atoms with Crippen LogP contribution in [0.1, 0.15) is 48.5 Å². The molecule has 1 amide bonds. The van der Waals surface area contributed by atoms with Crippen LogP contribution in [0, 0.1) is 5.82 Å². The molecule has 6 aliphatic rings. The number of aromatic carboxylic acids is 1. The summed E-state index contributed by atoms with van der Waals surface area (Å²) in [6.45, 7) is 3.45. The number of hydrogen-bond acceptors (Lipinski definition) is 25. The van der Waals surface area contributed by atoms with Gasteiger partial charge in [-0.3, -0.25) is 19.2 Å². The van der Waals surface area contributed by atoms with E-state index < -0.39 is 139 Å². The van der Waals surface area contributed by atoms with Gasteiger partial charge < -0.3 is 113 Å². The lowest BCUT2D eigenvalue weighted by atomic mass is 9.84. The van der Waals surface area contributed by atoms with Gasteiger partial charge in [-0.05, 0) is 62.9 Å². The van der Waals surface area contributed by atoms with Gasteiger partial charge in [-0.2, -0.15) is 0 Å². The Morgan fingerprint density at radius 2 is 1.33 bits per heavy atom. The molecule has 4 saturated heterocycles. The molecule has 2 aromatic heterocycles. The number of aliphatic hydroxyl groups excluding tert-OH is 6. The maximum Gasteiger partial charge on any atom is 0.341 e. The summed E-state index contributed by atoms with van der Waals surface area (Å²) in [5.74, 6) is -2.74. The van der Waals surface area contributed by atoms with Gasteiger partial charge in [-0.25, -0.2) is 9.18 Å². The van der Waals surface area contributed by atoms with Crippen molar-refractivity contribution < 1.29 is 78.1 Å². The SMILES string of the molecule is NC[C@@H]1O[C@H](O[C@H]2[C@@H](O)[C@H](O[C@@H]3[C@@H](O)[C@H](N)C[C@H](N)[C@H]3O[C@H]3O[C@H](CN)[C@@H](O)[C@H](O)[C@H]3N)O[C@@H]2C(=O)Nc2ccc(-c3cn(CCCCN4CCN(c5cc6c(cc5F)c(=O)c(C(=O)O)cn6C5CC5)CC4)nn3)cc2)[C@H](N)[C@@H](O)[C@@H]1O. The number of amides is 1. The number of halogens is 1. The predicted molar refractivity (Wildman–Crippen MR) is 287 cm³/mol. The minimum absolute atomic E-state index is 0.00756. The quantitative estimate of drug-likeness (QED) is 0.0391. The lowest BCUT2D eigenvalue weighted by Crippen LogP contribution is -2.68. The van der Waals surface area contributed by atoms with Gasteiger partial charge in [-0.1, -0.05) is 17.3 Å². The molecule has 29 nitrogen and oxygen atoms in total. The van der Waals surface area contributed by atoms with Crippen LogP contribution in [0.5, 0.6) is 0 Å². The Balaban J connectivity index is 0.753. The van der Waals surface area contributed by atoms with E-state index in [0.717, 1.165) is 32.2 Å². The minimum atomic E-state index is -1.85. The second-order valence-electron chi connectivity index (χ2n) is 22.1. The third-order valence-corrected chi connectivity index (χ3v) is 16.4. The summed E-state index contributed by atoms with van der Waals surface area (Å²) in [5, 5.41) is 86.8. The van der Waals surface area contributed by atoms with Crippen LogP contribution >= 0.6 is 0 Å². The number of aromatic nitrogens is 4. The molecule has 2 saturated carbocycles. The van der Waals surface area contributed by atoms with Gasteiger partial charge >= 0.3 is 5.97 Å². The maximum atomic E-state index is 15.6. The molecule has 30 heteroatoms. The van der Waals surface area contributed by atoms with E-state index in [1.165, 1.54) is 12.3 Å². The number of aryl methyl sites for hydroxylation is 1. The van der Waals surface area contributed by atoms with Crippen molar-refractivity contribution in [1.82, 2.24) is 24.5 Å². The maximum absolute atomic E-state index is 15.6. The number of pyridine rings is 1. The topological polar surface area (TPSA) is 458 Å². The zero-order valence-corrected chi connectivity index (χ0v) is 44.7. The number of benzene rings is 2. The predicted octanol–water partition coefficient (Wildman–Crippen LogP) is -4.90. The average Bonchev–Trinajstić information content (AvgIpc) is 4.11. The minimum Gasteiger partial charge on any atom is -0.477 e. The molecule has 0 unspecified atom stereocenters. The molecule has 0 bridgehead atoms. The van der Waals surface area contributed by atoms with Gasteiger partial charge in [0.1, 0.15) is 78.1 Å². The van der Waals surface area contributed by atoms with Crippen molar-refractivity contribution in [3.63, 3.8) is 0 Å². The number of carbonyl (C=O) groups is 2. The van der Waals surface area contributed by atoms with Crippen molar-refractivity contribution in [1.29, 1.82) is 0 Å². The number of carboxylic acids is 1. The van der Waals surface area contributed by atoms with Gasteiger partial charge in [0.05, 0.1) is 35.6 Å². The van der Waals surface area contributed by atoms with Crippen molar-refractivity contribution in [3.8, 4) is 11.3 Å². The van der Waals surface area contributed by atoms with Crippen LogP contribution < -0.4 is 50.0 Å². The molecule has 0 radical (unpaired) electrons. The van der Waals surface area contributed by atoms with Crippen molar-refractivity contribution in [2.75, 3.05) is 56.0 Å². The molecular weight excluding hydrogens is 1080 g/mol. The molecule has 82 heavy (non-hydrogen) atoms. The highest BCUT2D eigenvalue weighted by Gasteiger charge is 2.56. The van der Waals surface area contributed by atoms with Crippen LogP contribution in [0.25, 0.3) is 22.2 Å². The molecule has 20 N–H and O–H groups in total. The number of anilines is 2. The number of hydrogen-bond donors (Lipinski definition) is 14. The summed E-state index contributed by atoms with van der Waals surface area (Å²) >= 11 is 0. The van der Waals surface area contributed by atoms with E-state index in [2.05, 4.69) is 20.5 Å². The second kappa shape index (κ2) is 25.1. The Morgan fingerprint density at radius 3 is 1.94 bits per heavy atom. The van der Waals surface area contributed by atoms with Crippen LogP contribution in [0.3, 0.4) is 0 Å². The third kappa shape index (κ3) is 12.3. The Morgan fingerprint density at radius 1 is 0.720 bits per heavy atom. The van der Waals surface area contributed by atoms with Crippen LogP contribution in [-0.2, 0) is 39.8 Å². The van der Waals surface area contributed by atoms with Crippen molar-refractivity contribution in [2.45, 2.75) is 161 Å². The molecule has 10 rings (SSSR count). The zero-order valence-electron chi connectivity index (χ0n) is 44.7. The van der Waals surface area contributed by atoms with E-state index in [4.69, 9.17) is 62.8 Å². The molecule has 2 aliphatic carbocycles. The molecule has 450 valence electrons. The van der Waals surface area contributed by atoms with Gasteiger partial charge in [0.25, 0.3) is 5.91 Å². The summed E-state index contributed by atoms with van der Waals surface area (Å²) in [5.41, 5.74) is 38.1. The van der Waals surface area contributed by atoms with E-state index in [9.17, 15) is 50.1 Å². The van der Waals surface area contributed by atoms with Gasteiger partial charge in [0, 0.05) is 86.8 Å². The highest BCUT2D eigenvalue weighted by molar-refractivity contribution is 5.95. The molecule has 4 aliphatic heterocycles. The second-order valence-corrected chi connectivity index (χ2v) is 22.1. The summed E-state index contributed by atoms with van der Waals surface area (Å²) in [6, 6.07) is 4.89. The fourth-order valence-electron chi connectivity index (χ4n) is 11.4. The first-order valence-electron chi connectivity index (χ1n) is 27.6.